The summed E-state index contributed by atoms with van der Waals surface area (Å²) in [5, 5.41) is 7.10. The van der Waals surface area contributed by atoms with E-state index in [4.69, 9.17) is 28.8 Å². The van der Waals surface area contributed by atoms with Gasteiger partial charge in [-0.05, 0) is 66.4 Å². The van der Waals surface area contributed by atoms with E-state index < -0.39 is 10.0 Å². The monoisotopic (exact) mass is 633 g/mol. The van der Waals surface area contributed by atoms with Crippen molar-refractivity contribution in [1.29, 1.82) is 0 Å². The van der Waals surface area contributed by atoms with E-state index in [1.807, 2.05) is 49.5 Å². The fourth-order valence-electron chi connectivity index (χ4n) is 4.15. The number of sulfonamides is 1. The molecule has 0 bridgehead atoms. The van der Waals surface area contributed by atoms with Gasteiger partial charge >= 0.3 is 0 Å². The van der Waals surface area contributed by atoms with Gasteiger partial charge in [0.25, 0.3) is 10.0 Å². The maximum atomic E-state index is 11.1. The van der Waals surface area contributed by atoms with Crippen molar-refractivity contribution in [1.82, 2.24) is 9.97 Å². The number of rotatable bonds is 9. The number of benzene rings is 3. The Hall–Kier alpha value is -3.84. The van der Waals surface area contributed by atoms with Crippen LogP contribution in [0.4, 0.5) is 0 Å². The van der Waals surface area contributed by atoms with Gasteiger partial charge < -0.3 is 23.7 Å². The third-order valence-electron chi connectivity index (χ3n) is 6.07. The van der Waals surface area contributed by atoms with Crippen LogP contribution in [0.25, 0.3) is 21.0 Å². The summed E-state index contributed by atoms with van der Waals surface area (Å²) < 4.78 is 49.7. The number of ether oxygens (including phenoxy) is 5. The van der Waals surface area contributed by atoms with Crippen molar-refractivity contribution >= 4 is 54.8 Å². The maximum absolute atomic E-state index is 11.1. The van der Waals surface area contributed by atoms with Gasteiger partial charge in [0.05, 0.1) is 51.0 Å². The van der Waals surface area contributed by atoms with Crippen LogP contribution in [0.2, 0.25) is 0 Å². The lowest BCUT2D eigenvalue weighted by molar-refractivity contribution is 0.341. The largest absolute Gasteiger partial charge is 0.494 e. The van der Waals surface area contributed by atoms with Crippen molar-refractivity contribution in [2.45, 2.75) is 17.7 Å². The summed E-state index contributed by atoms with van der Waals surface area (Å²) in [4.78, 5) is 8.50. The van der Waals surface area contributed by atoms with Crippen LogP contribution in [0.1, 0.15) is 18.2 Å². The molecule has 0 amide bonds. The molecule has 5 rings (SSSR count). The van der Waals surface area contributed by atoms with Gasteiger partial charge in [-0.3, -0.25) is 4.98 Å². The third kappa shape index (κ3) is 7.51. The SMILES string of the molecule is CCOc1ccc2nc(S(N)(=O)=O)sc2c1.COc1ccc(Cc2nccc3cc(OC)c(OC)cc23)cc1OC.Cl. The molecule has 10 nitrogen and oxygen atoms in total. The van der Waals surface area contributed by atoms with Gasteiger partial charge in [-0.15, -0.1) is 23.7 Å². The number of nitrogens with two attached hydrogens (primary N) is 1. The molecule has 5 aromatic rings. The standard InChI is InChI=1S/C20H21NO4.C9H10N2O3S2.ClH/c1-22-17-6-5-13(10-18(17)23-2)9-16-15-12-20(25-4)19(24-3)11-14(15)7-8-21-16;1-2-14-6-3-4-7-8(5-6)15-9(11-7)16(10,12)13;/h5-8,10-12H,9H2,1-4H3;3-5H,2H2,1H3,(H2,10,12,13);1H. The molecule has 0 aliphatic heterocycles. The summed E-state index contributed by atoms with van der Waals surface area (Å²) in [5.41, 5.74) is 2.66. The molecule has 224 valence electrons. The van der Waals surface area contributed by atoms with Crippen LogP contribution in [0.3, 0.4) is 0 Å². The number of fused-ring (bicyclic) bond motifs is 2. The molecule has 0 spiro atoms. The number of halogens is 1. The van der Waals surface area contributed by atoms with Gasteiger partial charge in [-0.2, -0.15) is 0 Å². The van der Waals surface area contributed by atoms with Gasteiger partial charge in [0.15, 0.2) is 23.0 Å². The van der Waals surface area contributed by atoms with Crippen molar-refractivity contribution in [3.63, 3.8) is 0 Å². The zero-order chi connectivity index (χ0) is 29.6. The smallest absolute Gasteiger partial charge is 0.265 e. The zero-order valence-corrected chi connectivity index (χ0v) is 26.2. The molecule has 0 aliphatic carbocycles. The molecule has 0 aliphatic rings. The highest BCUT2D eigenvalue weighted by Gasteiger charge is 2.15. The highest BCUT2D eigenvalue weighted by Crippen LogP contribution is 2.34. The van der Waals surface area contributed by atoms with Crippen LogP contribution in [-0.4, -0.2) is 53.4 Å². The fourth-order valence-corrected chi connectivity index (χ4v) is 5.83. The van der Waals surface area contributed by atoms with Crippen molar-refractivity contribution in [2.75, 3.05) is 35.0 Å². The molecule has 0 saturated carbocycles. The molecule has 0 unspecified atom stereocenters. The first-order valence-corrected chi connectivity index (χ1v) is 14.8. The third-order valence-corrected chi connectivity index (χ3v) is 8.40. The lowest BCUT2D eigenvalue weighted by Crippen LogP contribution is -2.11. The Kier molecular flexibility index (Phi) is 11.2. The predicted octanol–water partition coefficient (Wildman–Crippen LogP) is 5.62. The summed E-state index contributed by atoms with van der Waals surface area (Å²) in [7, 11) is 2.81. The highest BCUT2D eigenvalue weighted by atomic mass is 35.5. The predicted molar refractivity (Wildman–Crippen MR) is 167 cm³/mol. The average Bonchev–Trinajstić information content (AvgIpc) is 3.41. The van der Waals surface area contributed by atoms with Crippen molar-refractivity contribution in [3.8, 4) is 28.7 Å². The van der Waals surface area contributed by atoms with Crippen LogP contribution in [0.5, 0.6) is 28.7 Å². The van der Waals surface area contributed by atoms with E-state index in [9.17, 15) is 8.42 Å². The van der Waals surface area contributed by atoms with Crippen LogP contribution < -0.4 is 28.8 Å². The Labute approximate surface area is 254 Å². The number of primary sulfonamides is 1. The number of aromatic nitrogens is 2. The minimum Gasteiger partial charge on any atom is -0.494 e. The summed E-state index contributed by atoms with van der Waals surface area (Å²) in [6.45, 7) is 2.44. The Morgan fingerprint density at radius 2 is 1.50 bits per heavy atom. The lowest BCUT2D eigenvalue weighted by atomic mass is 10.0. The molecule has 0 fully saturated rings. The molecule has 3 aromatic carbocycles. The second kappa shape index (κ2) is 14.4. The number of nitrogens with zero attached hydrogens (tertiary/aromatic N) is 2. The highest BCUT2D eigenvalue weighted by molar-refractivity contribution is 7.91. The van der Waals surface area contributed by atoms with E-state index in [0.29, 0.717) is 47.3 Å². The molecule has 42 heavy (non-hydrogen) atoms. The van der Waals surface area contributed by atoms with Crippen molar-refractivity contribution in [2.24, 2.45) is 5.14 Å². The molecule has 0 atom stereocenters. The van der Waals surface area contributed by atoms with Gasteiger partial charge in [0.2, 0.25) is 4.34 Å². The minimum absolute atomic E-state index is 0. The number of pyridine rings is 1. The number of hydrogen-bond acceptors (Lipinski definition) is 10. The number of methoxy groups -OCH3 is 4. The van der Waals surface area contributed by atoms with Gasteiger partial charge in [0, 0.05) is 18.0 Å². The summed E-state index contributed by atoms with van der Waals surface area (Å²) in [6.07, 6.45) is 2.48. The topological polar surface area (TPSA) is 132 Å². The van der Waals surface area contributed by atoms with Crippen molar-refractivity contribution < 1.29 is 32.1 Å². The van der Waals surface area contributed by atoms with Gasteiger partial charge in [-0.1, -0.05) is 6.07 Å². The Morgan fingerprint density at radius 1 is 0.833 bits per heavy atom. The van der Waals surface area contributed by atoms with E-state index in [2.05, 4.69) is 9.97 Å². The Bertz CT molecular complexity index is 1780. The normalized spacial score (nSPS) is 10.8. The molecular weight excluding hydrogens is 602 g/mol. The van der Waals surface area contributed by atoms with Gasteiger partial charge in [-0.25, -0.2) is 18.5 Å². The quantitative estimate of drug-likeness (QED) is 0.219. The second-order valence-corrected chi connectivity index (χ2v) is 11.4. The Balaban J connectivity index is 0.000000247. The maximum Gasteiger partial charge on any atom is 0.265 e. The summed E-state index contributed by atoms with van der Waals surface area (Å²) >= 11 is 1.04. The molecule has 13 heteroatoms. The van der Waals surface area contributed by atoms with Crippen LogP contribution in [0, 0.1) is 0 Å². The van der Waals surface area contributed by atoms with Crippen LogP contribution in [0.15, 0.2) is 65.1 Å². The zero-order valence-electron chi connectivity index (χ0n) is 23.7. The van der Waals surface area contributed by atoms with Crippen LogP contribution in [-0.2, 0) is 16.4 Å². The van der Waals surface area contributed by atoms with E-state index in [1.54, 1.807) is 46.6 Å². The molecule has 0 radical (unpaired) electrons. The first-order valence-electron chi connectivity index (χ1n) is 12.5. The average molecular weight is 634 g/mol. The molecule has 2 aromatic heterocycles. The molecule has 2 N–H and O–H groups in total. The Morgan fingerprint density at radius 3 is 2.14 bits per heavy atom. The van der Waals surface area contributed by atoms with E-state index >= 15 is 0 Å². The molecular formula is C29H32ClN3O7S2. The number of thiazole rings is 1. The number of hydrogen-bond donors (Lipinski definition) is 1. The first-order chi connectivity index (χ1) is 19.7. The molecule has 2 heterocycles. The fraction of sp³-hybridized carbons (Fsp3) is 0.241. The van der Waals surface area contributed by atoms with E-state index in [-0.39, 0.29) is 16.7 Å². The minimum atomic E-state index is -3.72. The van der Waals surface area contributed by atoms with Crippen molar-refractivity contribution in [3.05, 3.63) is 72.1 Å². The lowest BCUT2D eigenvalue weighted by Gasteiger charge is -2.12. The second-order valence-electron chi connectivity index (χ2n) is 8.64. The van der Waals surface area contributed by atoms with E-state index in [1.165, 1.54) is 0 Å². The summed E-state index contributed by atoms with van der Waals surface area (Å²) in [5.74, 6) is 3.51. The summed E-state index contributed by atoms with van der Waals surface area (Å²) in [6, 6.07) is 17.0. The van der Waals surface area contributed by atoms with Gasteiger partial charge in [0.1, 0.15) is 5.75 Å². The first kappa shape index (κ1) is 32.7. The van der Waals surface area contributed by atoms with Crippen LogP contribution >= 0.6 is 23.7 Å². The van der Waals surface area contributed by atoms with E-state index in [0.717, 1.165) is 38.1 Å². The molecule has 0 saturated heterocycles.